The molecule has 1 aliphatic heterocycles. The van der Waals surface area contributed by atoms with Crippen LogP contribution in [-0.4, -0.2) is 20.6 Å². The Bertz CT molecular complexity index is 779. The predicted octanol–water partition coefficient (Wildman–Crippen LogP) is 3.08. The fraction of sp³-hybridized carbons (Fsp3) is 0.188. The summed E-state index contributed by atoms with van der Waals surface area (Å²) in [5, 5.41) is 0.620. The minimum absolute atomic E-state index is 0.415. The summed E-state index contributed by atoms with van der Waals surface area (Å²) in [4.78, 5) is 6.24. The van der Waals surface area contributed by atoms with Crippen LogP contribution in [0.5, 0.6) is 11.5 Å². The lowest BCUT2D eigenvalue weighted by atomic mass is 10.0. The van der Waals surface area contributed by atoms with E-state index in [0.29, 0.717) is 33.5 Å². The highest BCUT2D eigenvalue weighted by atomic mass is 35.5. The van der Waals surface area contributed by atoms with Crippen molar-refractivity contribution in [1.82, 2.24) is 0 Å². The minimum Gasteiger partial charge on any atom is -0.493 e. The van der Waals surface area contributed by atoms with Crippen molar-refractivity contribution in [2.24, 2.45) is 10.7 Å². The van der Waals surface area contributed by atoms with E-state index in [1.54, 1.807) is 30.5 Å². The first kappa shape index (κ1) is 15.5. The number of nitrogen functional groups attached to an aromatic ring is 1. The molecule has 3 rings (SSSR count). The molecule has 0 amide bonds. The first-order valence-corrected chi connectivity index (χ1v) is 7.32. The van der Waals surface area contributed by atoms with E-state index in [4.69, 9.17) is 32.5 Å². The highest BCUT2D eigenvalue weighted by Gasteiger charge is 2.28. The number of hydrogen-bond donors (Lipinski definition) is 2. The summed E-state index contributed by atoms with van der Waals surface area (Å²) in [5.41, 5.74) is 15.2. The van der Waals surface area contributed by atoms with Crippen molar-refractivity contribution in [2.45, 2.75) is 6.17 Å². The van der Waals surface area contributed by atoms with Crippen molar-refractivity contribution in [3.8, 4) is 11.5 Å². The van der Waals surface area contributed by atoms with Crippen LogP contribution in [0, 0.1) is 0 Å². The summed E-state index contributed by atoms with van der Waals surface area (Å²) < 4.78 is 10.6. The molecule has 23 heavy (non-hydrogen) atoms. The zero-order valence-corrected chi connectivity index (χ0v) is 13.5. The molecule has 2 aromatic rings. The van der Waals surface area contributed by atoms with E-state index in [9.17, 15) is 0 Å². The molecule has 120 valence electrons. The van der Waals surface area contributed by atoms with Gasteiger partial charge in [-0.3, -0.25) is 0 Å². The van der Waals surface area contributed by atoms with E-state index < -0.39 is 6.17 Å². The SMILES string of the molecule is COc1cc2c(c(N)c1OC)C(N)N(c1cccc(Cl)c1)C=N2. The van der Waals surface area contributed by atoms with Crippen molar-refractivity contribution < 1.29 is 9.47 Å². The lowest BCUT2D eigenvalue weighted by molar-refractivity contribution is 0.356. The van der Waals surface area contributed by atoms with Crippen LogP contribution in [-0.2, 0) is 0 Å². The normalized spacial score (nSPS) is 16.2. The summed E-state index contributed by atoms with van der Waals surface area (Å²) in [6.45, 7) is 0. The van der Waals surface area contributed by atoms with Crippen LogP contribution in [0.15, 0.2) is 35.3 Å². The van der Waals surface area contributed by atoms with Crippen LogP contribution in [0.2, 0.25) is 5.02 Å². The van der Waals surface area contributed by atoms with E-state index in [1.807, 2.05) is 18.2 Å². The Morgan fingerprint density at radius 2 is 2.00 bits per heavy atom. The van der Waals surface area contributed by atoms with Crippen LogP contribution in [0.1, 0.15) is 11.7 Å². The Hall–Kier alpha value is -2.44. The van der Waals surface area contributed by atoms with Gasteiger partial charge < -0.3 is 25.8 Å². The maximum absolute atomic E-state index is 6.40. The molecule has 0 aliphatic carbocycles. The summed E-state index contributed by atoms with van der Waals surface area (Å²) in [5.74, 6) is 0.967. The number of nitrogens with zero attached hydrogens (tertiary/aromatic N) is 2. The second-order valence-electron chi connectivity index (χ2n) is 5.04. The summed E-state index contributed by atoms with van der Waals surface area (Å²) in [7, 11) is 3.08. The number of aliphatic imine (C=N–C) groups is 1. The van der Waals surface area contributed by atoms with E-state index >= 15 is 0 Å². The van der Waals surface area contributed by atoms with Gasteiger partial charge >= 0.3 is 0 Å². The van der Waals surface area contributed by atoms with Gasteiger partial charge in [-0.25, -0.2) is 4.99 Å². The molecule has 2 aromatic carbocycles. The minimum atomic E-state index is -0.513. The van der Waals surface area contributed by atoms with Crippen molar-refractivity contribution in [3.05, 3.63) is 40.9 Å². The van der Waals surface area contributed by atoms with E-state index in [-0.39, 0.29) is 0 Å². The molecule has 0 saturated heterocycles. The smallest absolute Gasteiger partial charge is 0.184 e. The van der Waals surface area contributed by atoms with Crippen LogP contribution in [0.25, 0.3) is 0 Å². The molecule has 0 fully saturated rings. The Morgan fingerprint density at radius 3 is 2.65 bits per heavy atom. The monoisotopic (exact) mass is 332 g/mol. The number of halogens is 1. The molecule has 1 atom stereocenters. The number of rotatable bonds is 3. The third-order valence-corrected chi connectivity index (χ3v) is 3.98. The molecular weight excluding hydrogens is 316 g/mol. The van der Waals surface area contributed by atoms with Gasteiger partial charge in [0.1, 0.15) is 6.17 Å². The Kier molecular flexibility index (Phi) is 4.02. The number of nitrogens with two attached hydrogens (primary N) is 2. The molecule has 0 radical (unpaired) electrons. The van der Waals surface area contributed by atoms with Gasteiger partial charge in [-0.2, -0.15) is 0 Å². The van der Waals surface area contributed by atoms with Crippen molar-refractivity contribution >= 4 is 35.0 Å². The fourth-order valence-electron chi connectivity index (χ4n) is 2.64. The van der Waals surface area contributed by atoms with E-state index in [0.717, 1.165) is 5.69 Å². The van der Waals surface area contributed by atoms with Gasteiger partial charge in [-0.05, 0) is 18.2 Å². The van der Waals surface area contributed by atoms with Gasteiger partial charge in [-0.15, -0.1) is 0 Å². The molecule has 0 spiro atoms. The van der Waals surface area contributed by atoms with Crippen LogP contribution in [0.3, 0.4) is 0 Å². The van der Waals surface area contributed by atoms with E-state index in [1.165, 1.54) is 7.11 Å². The van der Waals surface area contributed by atoms with Gasteiger partial charge in [0.2, 0.25) is 0 Å². The third-order valence-electron chi connectivity index (χ3n) is 3.75. The largest absolute Gasteiger partial charge is 0.493 e. The van der Waals surface area contributed by atoms with Crippen molar-refractivity contribution in [2.75, 3.05) is 24.9 Å². The summed E-state index contributed by atoms with van der Waals surface area (Å²) in [6.07, 6.45) is 1.14. The third kappa shape index (κ3) is 2.56. The number of benzene rings is 2. The molecule has 0 saturated carbocycles. The van der Waals surface area contributed by atoms with E-state index in [2.05, 4.69) is 4.99 Å². The van der Waals surface area contributed by atoms with Crippen LogP contribution >= 0.6 is 11.6 Å². The van der Waals surface area contributed by atoms with Gasteiger partial charge in [0, 0.05) is 22.3 Å². The number of hydrogen-bond acceptors (Lipinski definition) is 6. The molecule has 7 heteroatoms. The Balaban J connectivity index is 2.11. The van der Waals surface area contributed by atoms with Gasteiger partial charge in [0.15, 0.2) is 11.5 Å². The van der Waals surface area contributed by atoms with Gasteiger partial charge in [-0.1, -0.05) is 17.7 Å². The number of methoxy groups -OCH3 is 2. The lowest BCUT2D eigenvalue weighted by Gasteiger charge is -2.32. The molecule has 1 heterocycles. The van der Waals surface area contributed by atoms with Gasteiger partial charge in [0.05, 0.1) is 31.9 Å². The Morgan fingerprint density at radius 1 is 1.22 bits per heavy atom. The molecular formula is C16H17ClN4O2. The Labute approximate surface area is 139 Å². The first-order valence-electron chi connectivity index (χ1n) is 6.94. The molecule has 6 nitrogen and oxygen atoms in total. The standard InChI is InChI=1S/C16H17ClN4O2/c1-22-12-7-11-13(14(18)15(12)23-2)16(19)21(8-20-11)10-5-3-4-9(17)6-10/h3-8,16H,18-19H2,1-2H3. The lowest BCUT2D eigenvalue weighted by Crippen LogP contribution is -2.36. The molecule has 1 aliphatic rings. The first-order chi connectivity index (χ1) is 11.1. The average Bonchev–Trinajstić information content (AvgIpc) is 2.54. The molecule has 0 aromatic heterocycles. The van der Waals surface area contributed by atoms with Crippen molar-refractivity contribution in [1.29, 1.82) is 0 Å². The maximum Gasteiger partial charge on any atom is 0.184 e. The average molecular weight is 333 g/mol. The number of anilines is 2. The maximum atomic E-state index is 6.40. The zero-order chi connectivity index (χ0) is 16.6. The van der Waals surface area contributed by atoms with Crippen LogP contribution < -0.4 is 25.8 Å². The number of ether oxygens (including phenoxy) is 2. The number of fused-ring (bicyclic) bond motifs is 1. The summed E-state index contributed by atoms with van der Waals surface area (Å²) >= 11 is 6.06. The van der Waals surface area contributed by atoms with Gasteiger partial charge in [0.25, 0.3) is 0 Å². The second kappa shape index (κ2) is 5.98. The van der Waals surface area contributed by atoms with Crippen LogP contribution in [0.4, 0.5) is 17.1 Å². The highest BCUT2D eigenvalue weighted by Crippen LogP contribution is 2.46. The predicted molar refractivity (Wildman–Crippen MR) is 93.0 cm³/mol. The topological polar surface area (TPSA) is 86.1 Å². The van der Waals surface area contributed by atoms with Crippen molar-refractivity contribution in [3.63, 3.8) is 0 Å². The zero-order valence-electron chi connectivity index (χ0n) is 12.8. The molecule has 1 unspecified atom stereocenters. The second-order valence-corrected chi connectivity index (χ2v) is 5.47. The fourth-order valence-corrected chi connectivity index (χ4v) is 2.82. The molecule has 0 bridgehead atoms. The quantitative estimate of drug-likeness (QED) is 0.843. The summed E-state index contributed by atoms with van der Waals surface area (Å²) in [6, 6.07) is 9.13. The highest BCUT2D eigenvalue weighted by molar-refractivity contribution is 6.30. The molecule has 4 N–H and O–H groups in total.